The van der Waals surface area contributed by atoms with Crippen molar-refractivity contribution >= 4 is 28.6 Å². The number of ether oxygens (including phenoxy) is 1. The molecule has 1 N–H and O–H groups in total. The lowest BCUT2D eigenvalue weighted by Gasteiger charge is -2.23. The van der Waals surface area contributed by atoms with E-state index in [1.165, 1.54) is 0 Å². The molecule has 1 aromatic carbocycles. The molecule has 0 amide bonds. The van der Waals surface area contributed by atoms with E-state index in [0.29, 0.717) is 34.3 Å². The zero-order valence-corrected chi connectivity index (χ0v) is 20.0. The smallest absolute Gasteiger partial charge is 0.260 e. The van der Waals surface area contributed by atoms with Gasteiger partial charge < -0.3 is 10.1 Å². The van der Waals surface area contributed by atoms with E-state index in [1.54, 1.807) is 17.0 Å². The third-order valence-electron chi connectivity index (χ3n) is 6.29. The minimum atomic E-state index is -0.125. The van der Waals surface area contributed by atoms with Crippen LogP contribution in [0, 0.1) is 6.92 Å². The Morgan fingerprint density at radius 2 is 1.94 bits per heavy atom. The van der Waals surface area contributed by atoms with Crippen molar-refractivity contribution in [2.75, 3.05) is 18.5 Å². The zero-order chi connectivity index (χ0) is 23.7. The summed E-state index contributed by atoms with van der Waals surface area (Å²) in [6.07, 6.45) is 7.18. The second-order valence-electron chi connectivity index (χ2n) is 8.50. The van der Waals surface area contributed by atoms with E-state index in [-0.39, 0.29) is 11.6 Å². The second kappa shape index (κ2) is 9.52. The van der Waals surface area contributed by atoms with Gasteiger partial charge in [-0.05, 0) is 61.6 Å². The summed E-state index contributed by atoms with van der Waals surface area (Å²) >= 11 is 6.70. The molecule has 1 fully saturated rings. The minimum absolute atomic E-state index is 0.125. The number of halogens is 1. The molecule has 3 aromatic heterocycles. The number of nitrogens with one attached hydrogen (secondary N) is 1. The van der Waals surface area contributed by atoms with Gasteiger partial charge in [-0.3, -0.25) is 14.3 Å². The highest BCUT2D eigenvalue weighted by Gasteiger charge is 2.18. The number of rotatable bonds is 5. The van der Waals surface area contributed by atoms with E-state index < -0.39 is 0 Å². The SMILES string of the molecule is CCn1c(=O)c(-c2ccc(-c3ccncc3C)cc2Cl)cc2cnc(NC3CCOCC3)nc21. The lowest BCUT2D eigenvalue weighted by atomic mass is 9.98. The summed E-state index contributed by atoms with van der Waals surface area (Å²) in [5.74, 6) is 0.531. The monoisotopic (exact) mass is 475 g/mol. The highest BCUT2D eigenvalue weighted by Crippen LogP contribution is 2.33. The normalized spacial score (nSPS) is 14.4. The summed E-state index contributed by atoms with van der Waals surface area (Å²) in [7, 11) is 0. The van der Waals surface area contributed by atoms with Gasteiger partial charge in [0.25, 0.3) is 5.56 Å². The van der Waals surface area contributed by atoms with Gasteiger partial charge in [-0.25, -0.2) is 4.98 Å². The van der Waals surface area contributed by atoms with Gasteiger partial charge in [-0.2, -0.15) is 4.98 Å². The number of aryl methyl sites for hydroxylation is 2. The quantitative estimate of drug-likeness (QED) is 0.432. The zero-order valence-electron chi connectivity index (χ0n) is 19.2. The highest BCUT2D eigenvalue weighted by atomic mass is 35.5. The van der Waals surface area contributed by atoms with Gasteiger partial charge in [-0.1, -0.05) is 23.7 Å². The van der Waals surface area contributed by atoms with Crippen LogP contribution in [0.4, 0.5) is 5.95 Å². The number of pyridine rings is 2. The summed E-state index contributed by atoms with van der Waals surface area (Å²) in [5, 5.41) is 4.69. The number of nitrogens with zero attached hydrogens (tertiary/aromatic N) is 4. The van der Waals surface area contributed by atoms with Gasteiger partial charge in [0.15, 0.2) is 0 Å². The Morgan fingerprint density at radius 1 is 1.12 bits per heavy atom. The first-order valence-corrected chi connectivity index (χ1v) is 11.9. The van der Waals surface area contributed by atoms with Crippen molar-refractivity contribution in [2.24, 2.45) is 0 Å². The Labute approximate surface area is 202 Å². The first kappa shape index (κ1) is 22.5. The van der Waals surface area contributed by atoms with Gasteiger partial charge in [0.2, 0.25) is 5.95 Å². The lowest BCUT2D eigenvalue weighted by Crippen LogP contribution is -2.29. The summed E-state index contributed by atoms with van der Waals surface area (Å²) < 4.78 is 7.10. The average molecular weight is 476 g/mol. The van der Waals surface area contributed by atoms with E-state index in [4.69, 9.17) is 16.3 Å². The third kappa shape index (κ3) is 4.29. The van der Waals surface area contributed by atoms with Crippen molar-refractivity contribution in [2.45, 2.75) is 39.3 Å². The highest BCUT2D eigenvalue weighted by molar-refractivity contribution is 6.33. The Hall–Kier alpha value is -3.29. The molecule has 4 heterocycles. The Kier molecular flexibility index (Phi) is 6.30. The maximum Gasteiger partial charge on any atom is 0.260 e. The Morgan fingerprint density at radius 3 is 2.68 bits per heavy atom. The number of anilines is 1. The lowest BCUT2D eigenvalue weighted by molar-refractivity contribution is 0.0903. The fraction of sp³-hybridized carbons (Fsp3) is 0.308. The van der Waals surface area contributed by atoms with Crippen LogP contribution in [0.25, 0.3) is 33.3 Å². The van der Waals surface area contributed by atoms with Crippen molar-refractivity contribution < 1.29 is 4.74 Å². The van der Waals surface area contributed by atoms with Gasteiger partial charge >= 0.3 is 0 Å². The van der Waals surface area contributed by atoms with Crippen LogP contribution >= 0.6 is 11.6 Å². The number of fused-ring (bicyclic) bond motifs is 1. The van der Waals surface area contributed by atoms with Crippen molar-refractivity contribution in [3.63, 3.8) is 0 Å². The van der Waals surface area contributed by atoms with E-state index in [2.05, 4.69) is 20.3 Å². The fourth-order valence-electron chi connectivity index (χ4n) is 4.44. The number of benzene rings is 1. The van der Waals surface area contributed by atoms with Crippen molar-refractivity contribution in [1.82, 2.24) is 19.5 Å². The number of hydrogen-bond donors (Lipinski definition) is 1. The first-order valence-electron chi connectivity index (χ1n) is 11.5. The number of aromatic nitrogens is 4. The molecule has 0 spiro atoms. The molecule has 0 aliphatic carbocycles. The summed E-state index contributed by atoms with van der Waals surface area (Å²) in [4.78, 5) is 26.8. The molecule has 7 nitrogen and oxygen atoms in total. The predicted molar refractivity (Wildman–Crippen MR) is 135 cm³/mol. The van der Waals surface area contributed by atoms with Crippen molar-refractivity contribution in [3.8, 4) is 22.3 Å². The molecule has 5 rings (SSSR count). The molecule has 4 aromatic rings. The number of hydrogen-bond acceptors (Lipinski definition) is 6. The average Bonchev–Trinajstić information content (AvgIpc) is 2.85. The van der Waals surface area contributed by atoms with Crippen LogP contribution < -0.4 is 10.9 Å². The molecule has 0 bridgehead atoms. The summed E-state index contributed by atoms with van der Waals surface area (Å²) in [6.45, 7) is 5.90. The summed E-state index contributed by atoms with van der Waals surface area (Å²) in [6, 6.07) is 9.86. The second-order valence-corrected chi connectivity index (χ2v) is 8.90. The van der Waals surface area contributed by atoms with E-state index in [9.17, 15) is 4.79 Å². The van der Waals surface area contributed by atoms with E-state index in [1.807, 2.05) is 50.4 Å². The largest absolute Gasteiger partial charge is 0.381 e. The van der Waals surface area contributed by atoms with Gasteiger partial charge in [0, 0.05) is 65.9 Å². The molecule has 0 atom stereocenters. The molecule has 8 heteroatoms. The third-order valence-corrected chi connectivity index (χ3v) is 6.60. The molecule has 1 saturated heterocycles. The van der Waals surface area contributed by atoms with Crippen LogP contribution in [-0.2, 0) is 11.3 Å². The van der Waals surface area contributed by atoms with E-state index >= 15 is 0 Å². The Bertz CT molecular complexity index is 1410. The molecule has 0 unspecified atom stereocenters. The molecular formula is C26H26ClN5O2. The topological polar surface area (TPSA) is 81.9 Å². The molecule has 1 aliphatic rings. The first-order chi connectivity index (χ1) is 16.5. The summed E-state index contributed by atoms with van der Waals surface area (Å²) in [5.41, 5.74) is 4.82. The van der Waals surface area contributed by atoms with Gasteiger partial charge in [0.05, 0.1) is 0 Å². The minimum Gasteiger partial charge on any atom is -0.381 e. The fourth-order valence-corrected chi connectivity index (χ4v) is 4.72. The van der Waals surface area contributed by atoms with Crippen molar-refractivity contribution in [3.05, 3.63) is 69.9 Å². The molecule has 0 saturated carbocycles. The van der Waals surface area contributed by atoms with Crippen LogP contribution in [0.1, 0.15) is 25.3 Å². The van der Waals surface area contributed by atoms with Crippen LogP contribution in [0.5, 0.6) is 0 Å². The molecule has 0 radical (unpaired) electrons. The van der Waals surface area contributed by atoms with Crippen LogP contribution in [-0.4, -0.2) is 38.8 Å². The standard InChI is InChI=1S/C26H26ClN5O2/c1-3-32-24-18(15-29-26(31-24)30-19-7-10-34-11-8-19)12-22(25(32)33)21-5-4-17(13-23(21)27)20-6-9-28-14-16(20)2/h4-6,9,12-15,19H,3,7-8,10-11H2,1-2H3,(H,29,30,31). The molecule has 34 heavy (non-hydrogen) atoms. The predicted octanol–water partition coefficient (Wildman–Crippen LogP) is 5.09. The van der Waals surface area contributed by atoms with Crippen molar-refractivity contribution in [1.29, 1.82) is 0 Å². The molecule has 1 aliphatic heterocycles. The van der Waals surface area contributed by atoms with Crippen LogP contribution in [0.3, 0.4) is 0 Å². The van der Waals surface area contributed by atoms with Crippen LogP contribution in [0.15, 0.2) is 53.7 Å². The molecular weight excluding hydrogens is 450 g/mol. The van der Waals surface area contributed by atoms with Gasteiger partial charge in [0.1, 0.15) is 5.65 Å². The Balaban J connectivity index is 1.55. The van der Waals surface area contributed by atoms with Crippen LogP contribution in [0.2, 0.25) is 5.02 Å². The van der Waals surface area contributed by atoms with E-state index in [0.717, 1.165) is 48.1 Å². The maximum absolute atomic E-state index is 13.5. The van der Waals surface area contributed by atoms with Gasteiger partial charge in [-0.15, -0.1) is 0 Å². The molecule has 174 valence electrons. The maximum atomic E-state index is 13.5.